The molecule has 0 aliphatic carbocycles. The van der Waals surface area contributed by atoms with E-state index in [1.807, 2.05) is 0 Å². The van der Waals surface area contributed by atoms with Gasteiger partial charge in [0, 0.05) is 6.07 Å². The molecule has 3 nitrogen and oxygen atoms in total. The molecule has 14 heavy (non-hydrogen) atoms. The molecule has 0 bridgehead atoms. The number of nitrogen functional groups attached to an aromatic ring is 1. The largest absolute Gasteiger partial charge is 0.573 e. The molecule has 8 heteroatoms. The smallest absolute Gasteiger partial charge is 0.401 e. The third kappa shape index (κ3) is 2.44. The Hall–Kier alpha value is -1.60. The van der Waals surface area contributed by atoms with E-state index in [-0.39, 0.29) is 6.07 Å². The predicted molar refractivity (Wildman–Crippen MR) is 35.2 cm³/mol. The molecule has 0 saturated carbocycles. The standard InChI is InChI=1S/C6H3F5N2O/c7-2-1-3(14-6(9,10)11)4(8)13-5(2)12/h1H,(H2,12,13). The SMILES string of the molecule is Nc1nc(F)c(OC(F)(F)F)cc1F. The molecule has 0 spiro atoms. The van der Waals surface area contributed by atoms with E-state index in [4.69, 9.17) is 5.73 Å². The normalized spacial score (nSPS) is 11.5. The Bertz CT molecular complexity index is 351. The molecule has 0 amide bonds. The summed E-state index contributed by atoms with van der Waals surface area (Å²) in [6.07, 6.45) is -5.11. The van der Waals surface area contributed by atoms with Gasteiger partial charge in [0.05, 0.1) is 0 Å². The van der Waals surface area contributed by atoms with Gasteiger partial charge in [-0.15, -0.1) is 13.2 Å². The van der Waals surface area contributed by atoms with Crippen molar-refractivity contribution < 1.29 is 26.7 Å². The molecule has 0 fully saturated rings. The van der Waals surface area contributed by atoms with Crippen LogP contribution in [0.5, 0.6) is 5.75 Å². The highest BCUT2D eigenvalue weighted by Gasteiger charge is 2.33. The average molecular weight is 214 g/mol. The first-order chi connectivity index (χ1) is 6.29. The highest BCUT2D eigenvalue weighted by atomic mass is 19.4. The number of rotatable bonds is 1. The topological polar surface area (TPSA) is 48.1 Å². The maximum absolute atomic E-state index is 12.6. The summed E-state index contributed by atoms with van der Waals surface area (Å²) in [6, 6.07) is 0.172. The number of alkyl halides is 3. The van der Waals surface area contributed by atoms with E-state index >= 15 is 0 Å². The molecule has 1 aromatic rings. The first-order valence-electron chi connectivity index (χ1n) is 3.17. The Morgan fingerprint density at radius 2 is 1.86 bits per heavy atom. The Labute approximate surface area is 74.3 Å². The van der Waals surface area contributed by atoms with Gasteiger partial charge in [-0.05, 0) is 0 Å². The Balaban J connectivity index is 3.04. The van der Waals surface area contributed by atoms with Crippen LogP contribution in [0.3, 0.4) is 0 Å². The number of halogens is 5. The van der Waals surface area contributed by atoms with Crippen LogP contribution in [0.15, 0.2) is 6.07 Å². The fourth-order valence-electron chi connectivity index (χ4n) is 0.659. The summed E-state index contributed by atoms with van der Waals surface area (Å²) >= 11 is 0. The zero-order chi connectivity index (χ0) is 10.9. The van der Waals surface area contributed by atoms with Crippen LogP contribution in [0.2, 0.25) is 0 Å². The van der Waals surface area contributed by atoms with Crippen molar-refractivity contribution in [3.8, 4) is 5.75 Å². The molecule has 1 heterocycles. The van der Waals surface area contributed by atoms with Crippen LogP contribution >= 0.6 is 0 Å². The lowest BCUT2D eigenvalue weighted by atomic mass is 10.4. The van der Waals surface area contributed by atoms with Crippen LogP contribution in [0.1, 0.15) is 0 Å². The Morgan fingerprint density at radius 3 is 2.36 bits per heavy atom. The van der Waals surface area contributed by atoms with Gasteiger partial charge in [0.1, 0.15) is 0 Å². The fraction of sp³-hybridized carbons (Fsp3) is 0.167. The minimum Gasteiger partial charge on any atom is -0.401 e. The number of nitrogens with zero attached hydrogens (tertiary/aromatic N) is 1. The minimum absolute atomic E-state index is 0.172. The summed E-state index contributed by atoms with van der Waals surface area (Å²) in [4.78, 5) is 2.67. The highest BCUT2D eigenvalue weighted by molar-refractivity contribution is 5.35. The number of nitrogens with two attached hydrogens (primary N) is 1. The van der Waals surface area contributed by atoms with E-state index in [1.54, 1.807) is 0 Å². The first kappa shape index (κ1) is 10.5. The number of hydrogen-bond donors (Lipinski definition) is 1. The number of pyridine rings is 1. The van der Waals surface area contributed by atoms with Crippen molar-refractivity contribution in [2.45, 2.75) is 6.36 Å². The quantitative estimate of drug-likeness (QED) is 0.573. The molecular weight excluding hydrogens is 211 g/mol. The maximum atomic E-state index is 12.6. The zero-order valence-corrected chi connectivity index (χ0v) is 6.40. The van der Waals surface area contributed by atoms with E-state index in [2.05, 4.69) is 9.72 Å². The van der Waals surface area contributed by atoms with E-state index in [0.29, 0.717) is 0 Å². The van der Waals surface area contributed by atoms with Crippen molar-refractivity contribution in [3.05, 3.63) is 17.8 Å². The second-order valence-electron chi connectivity index (χ2n) is 2.19. The summed E-state index contributed by atoms with van der Waals surface area (Å²) < 4.78 is 63.0. The highest BCUT2D eigenvalue weighted by Crippen LogP contribution is 2.26. The van der Waals surface area contributed by atoms with Crippen molar-refractivity contribution in [3.63, 3.8) is 0 Å². The molecule has 0 aliphatic rings. The van der Waals surface area contributed by atoms with Crippen molar-refractivity contribution in [1.82, 2.24) is 4.98 Å². The Morgan fingerprint density at radius 1 is 1.29 bits per heavy atom. The lowest BCUT2D eigenvalue weighted by Gasteiger charge is -2.09. The third-order valence-electron chi connectivity index (χ3n) is 1.15. The molecular formula is C6H3F5N2O. The average Bonchev–Trinajstić information content (AvgIpc) is 1.97. The second kappa shape index (κ2) is 3.28. The molecule has 1 aromatic heterocycles. The minimum atomic E-state index is -5.11. The van der Waals surface area contributed by atoms with Crippen LogP contribution < -0.4 is 10.5 Å². The van der Waals surface area contributed by atoms with Gasteiger partial charge >= 0.3 is 6.36 Å². The predicted octanol–water partition coefficient (Wildman–Crippen LogP) is 1.84. The van der Waals surface area contributed by atoms with Crippen LogP contribution in [0.25, 0.3) is 0 Å². The van der Waals surface area contributed by atoms with E-state index in [9.17, 15) is 22.0 Å². The van der Waals surface area contributed by atoms with Gasteiger partial charge in [-0.3, -0.25) is 0 Å². The Kier molecular flexibility index (Phi) is 2.45. The van der Waals surface area contributed by atoms with E-state index < -0.39 is 29.7 Å². The summed E-state index contributed by atoms with van der Waals surface area (Å²) in [7, 11) is 0. The van der Waals surface area contributed by atoms with Crippen molar-refractivity contribution >= 4 is 5.82 Å². The molecule has 1 rings (SSSR count). The van der Waals surface area contributed by atoms with Gasteiger partial charge in [-0.2, -0.15) is 9.37 Å². The molecule has 78 valence electrons. The van der Waals surface area contributed by atoms with Gasteiger partial charge < -0.3 is 10.5 Å². The molecule has 0 aromatic carbocycles. The lowest BCUT2D eigenvalue weighted by Crippen LogP contribution is -2.18. The van der Waals surface area contributed by atoms with Gasteiger partial charge in [0.2, 0.25) is 0 Å². The number of anilines is 1. The van der Waals surface area contributed by atoms with Crippen LogP contribution in [0, 0.1) is 11.8 Å². The zero-order valence-electron chi connectivity index (χ0n) is 6.40. The lowest BCUT2D eigenvalue weighted by molar-refractivity contribution is -0.275. The molecule has 0 unspecified atom stereocenters. The number of aromatic nitrogens is 1. The second-order valence-corrected chi connectivity index (χ2v) is 2.19. The number of hydrogen-bond acceptors (Lipinski definition) is 3. The van der Waals surface area contributed by atoms with Crippen molar-refractivity contribution in [2.75, 3.05) is 5.73 Å². The van der Waals surface area contributed by atoms with Crippen LogP contribution in [-0.4, -0.2) is 11.3 Å². The van der Waals surface area contributed by atoms with Crippen molar-refractivity contribution in [2.24, 2.45) is 0 Å². The van der Waals surface area contributed by atoms with Crippen LogP contribution in [-0.2, 0) is 0 Å². The van der Waals surface area contributed by atoms with E-state index in [0.717, 1.165) is 0 Å². The molecule has 0 aliphatic heterocycles. The molecule has 2 N–H and O–H groups in total. The molecule has 0 saturated heterocycles. The van der Waals surface area contributed by atoms with Crippen molar-refractivity contribution in [1.29, 1.82) is 0 Å². The van der Waals surface area contributed by atoms with Gasteiger partial charge in [-0.1, -0.05) is 0 Å². The fourth-order valence-corrected chi connectivity index (χ4v) is 0.659. The third-order valence-corrected chi connectivity index (χ3v) is 1.15. The molecule has 0 atom stereocenters. The van der Waals surface area contributed by atoms with Gasteiger partial charge in [0.15, 0.2) is 17.4 Å². The van der Waals surface area contributed by atoms with Gasteiger partial charge in [0.25, 0.3) is 5.95 Å². The van der Waals surface area contributed by atoms with E-state index in [1.165, 1.54) is 0 Å². The summed E-state index contributed by atoms with van der Waals surface area (Å²) in [5.74, 6) is -5.10. The summed E-state index contributed by atoms with van der Waals surface area (Å²) in [5.41, 5.74) is 4.79. The van der Waals surface area contributed by atoms with Gasteiger partial charge in [-0.25, -0.2) is 4.39 Å². The summed E-state index contributed by atoms with van der Waals surface area (Å²) in [6.45, 7) is 0. The maximum Gasteiger partial charge on any atom is 0.573 e. The number of ether oxygens (including phenoxy) is 1. The van der Waals surface area contributed by atoms with Crippen LogP contribution in [0.4, 0.5) is 27.8 Å². The first-order valence-corrected chi connectivity index (χ1v) is 3.17. The molecule has 0 radical (unpaired) electrons. The summed E-state index contributed by atoms with van der Waals surface area (Å²) in [5, 5.41) is 0. The monoisotopic (exact) mass is 214 g/mol.